The molecule has 2 atom stereocenters. The lowest BCUT2D eigenvalue weighted by atomic mass is 10.0. The van der Waals surface area contributed by atoms with E-state index in [1.165, 1.54) is 5.56 Å². The molecule has 1 aromatic carbocycles. The van der Waals surface area contributed by atoms with E-state index < -0.39 is 10.0 Å². The molecule has 0 spiro atoms. The molecule has 1 aliphatic carbocycles. The van der Waals surface area contributed by atoms with Crippen molar-refractivity contribution in [2.75, 3.05) is 0 Å². The average molecular weight is 319 g/mol. The molecule has 0 aliphatic heterocycles. The summed E-state index contributed by atoms with van der Waals surface area (Å²) >= 11 is 0. The van der Waals surface area contributed by atoms with Crippen LogP contribution in [0, 0.1) is 19.8 Å². The second-order valence-electron chi connectivity index (χ2n) is 6.10. The van der Waals surface area contributed by atoms with Gasteiger partial charge in [0.25, 0.3) is 0 Å². The molecule has 0 saturated heterocycles. The molecular weight excluding hydrogens is 298 g/mol. The van der Waals surface area contributed by atoms with Crippen LogP contribution in [0.4, 0.5) is 0 Å². The normalized spacial score (nSPS) is 21.1. The maximum atomic E-state index is 12.8. The topological polar surface area (TPSA) is 64.0 Å². The molecule has 118 valence electrons. The van der Waals surface area contributed by atoms with Gasteiger partial charge in [-0.05, 0) is 37.3 Å². The van der Waals surface area contributed by atoms with E-state index in [4.69, 9.17) is 0 Å². The van der Waals surface area contributed by atoms with Gasteiger partial charge in [-0.25, -0.2) is 13.1 Å². The number of hydrogen-bond acceptors (Lipinski definition) is 3. The summed E-state index contributed by atoms with van der Waals surface area (Å²) in [6.45, 7) is 5.59. The van der Waals surface area contributed by atoms with Crippen LogP contribution in [-0.4, -0.2) is 18.2 Å². The molecule has 1 aliphatic rings. The maximum Gasteiger partial charge on any atom is 0.244 e. The minimum atomic E-state index is -3.59. The first-order valence-electron chi connectivity index (χ1n) is 7.41. The van der Waals surface area contributed by atoms with Crippen molar-refractivity contribution in [1.82, 2.24) is 14.5 Å². The first kappa shape index (κ1) is 15.2. The number of nitrogens with zero attached hydrogens (tertiary/aromatic N) is 2. The van der Waals surface area contributed by atoms with Gasteiger partial charge in [0.1, 0.15) is 4.90 Å². The highest BCUT2D eigenvalue weighted by atomic mass is 32.2. The summed E-state index contributed by atoms with van der Waals surface area (Å²) in [6, 6.07) is 7.85. The molecule has 5 nitrogen and oxygen atoms in total. The van der Waals surface area contributed by atoms with Crippen LogP contribution in [0.5, 0.6) is 0 Å². The first-order chi connectivity index (χ1) is 10.3. The lowest BCUT2D eigenvalue weighted by Gasteiger charge is -2.19. The molecular formula is C16H21N3O2S. The number of benzene rings is 1. The van der Waals surface area contributed by atoms with Crippen molar-refractivity contribution in [1.29, 1.82) is 0 Å². The fourth-order valence-corrected chi connectivity index (χ4v) is 5.11. The van der Waals surface area contributed by atoms with E-state index in [0.717, 1.165) is 12.0 Å². The third-order valence-electron chi connectivity index (χ3n) is 4.49. The summed E-state index contributed by atoms with van der Waals surface area (Å²) in [5, 5.41) is 4.21. The summed E-state index contributed by atoms with van der Waals surface area (Å²) in [7, 11) is -1.83. The standard InChI is InChI=1S/C16H21N3O2S/c1-10-9-13-7-5-6-8-14(13)15(10)18-22(20,21)16-11(2)17-19(4)12(16)3/h5-8,10,15,18H,9H2,1-4H3/t10-,15+/m0/s1. The Hall–Kier alpha value is -1.66. The van der Waals surface area contributed by atoms with Crippen LogP contribution >= 0.6 is 0 Å². The Kier molecular flexibility index (Phi) is 3.61. The van der Waals surface area contributed by atoms with Crippen molar-refractivity contribution in [3.05, 3.63) is 46.8 Å². The number of aromatic nitrogens is 2. The van der Waals surface area contributed by atoms with Gasteiger partial charge in [0.05, 0.1) is 17.4 Å². The Morgan fingerprint density at radius 2 is 1.95 bits per heavy atom. The second kappa shape index (κ2) is 5.21. The number of aryl methyl sites for hydroxylation is 2. The zero-order chi connectivity index (χ0) is 16.1. The molecule has 1 N–H and O–H groups in total. The van der Waals surface area contributed by atoms with Crippen LogP contribution in [-0.2, 0) is 23.5 Å². The summed E-state index contributed by atoms with van der Waals surface area (Å²) in [5.74, 6) is 0.240. The smallest absolute Gasteiger partial charge is 0.244 e. The molecule has 1 aromatic heterocycles. The van der Waals surface area contributed by atoms with E-state index in [1.807, 2.05) is 18.2 Å². The van der Waals surface area contributed by atoms with Crippen molar-refractivity contribution in [2.24, 2.45) is 13.0 Å². The van der Waals surface area contributed by atoms with E-state index in [0.29, 0.717) is 16.3 Å². The number of hydrogen-bond donors (Lipinski definition) is 1. The Morgan fingerprint density at radius 3 is 2.59 bits per heavy atom. The van der Waals surface area contributed by atoms with E-state index in [2.05, 4.69) is 22.8 Å². The van der Waals surface area contributed by atoms with Gasteiger partial charge in [-0.15, -0.1) is 0 Å². The molecule has 2 aromatic rings. The summed E-state index contributed by atoms with van der Waals surface area (Å²) < 4.78 is 30.2. The maximum absolute atomic E-state index is 12.8. The lowest BCUT2D eigenvalue weighted by molar-refractivity contribution is 0.465. The van der Waals surface area contributed by atoms with Gasteiger partial charge in [0, 0.05) is 7.05 Å². The SMILES string of the molecule is Cc1nn(C)c(C)c1S(=O)(=O)N[C@H]1c2ccccc2C[C@@H]1C. The third kappa shape index (κ3) is 2.36. The van der Waals surface area contributed by atoms with Crippen LogP contribution in [0.3, 0.4) is 0 Å². The molecule has 0 fully saturated rings. The van der Waals surface area contributed by atoms with Gasteiger partial charge in [0.2, 0.25) is 10.0 Å². The molecule has 0 amide bonds. The highest BCUT2D eigenvalue weighted by Crippen LogP contribution is 2.37. The van der Waals surface area contributed by atoms with Crippen molar-refractivity contribution in [3.8, 4) is 0 Å². The first-order valence-corrected chi connectivity index (χ1v) is 8.90. The van der Waals surface area contributed by atoms with Gasteiger partial charge < -0.3 is 0 Å². The summed E-state index contributed by atoms with van der Waals surface area (Å²) in [5.41, 5.74) is 3.50. The van der Waals surface area contributed by atoms with Crippen LogP contribution in [0.15, 0.2) is 29.2 Å². The molecule has 0 bridgehead atoms. The van der Waals surface area contributed by atoms with Crippen molar-refractivity contribution in [2.45, 2.75) is 38.1 Å². The highest BCUT2D eigenvalue weighted by molar-refractivity contribution is 7.89. The number of sulfonamides is 1. The average Bonchev–Trinajstić information content (AvgIpc) is 2.88. The molecule has 1 heterocycles. The van der Waals surface area contributed by atoms with Gasteiger partial charge >= 0.3 is 0 Å². The predicted molar refractivity (Wildman–Crippen MR) is 85.1 cm³/mol. The predicted octanol–water partition coefficient (Wildman–Crippen LogP) is 2.25. The van der Waals surface area contributed by atoms with Gasteiger partial charge in [-0.2, -0.15) is 5.10 Å². The van der Waals surface area contributed by atoms with Gasteiger partial charge in [-0.3, -0.25) is 4.68 Å². The lowest BCUT2D eigenvalue weighted by Crippen LogP contribution is -2.31. The van der Waals surface area contributed by atoms with Crippen molar-refractivity contribution < 1.29 is 8.42 Å². The zero-order valence-corrected chi connectivity index (χ0v) is 14.1. The molecule has 0 saturated carbocycles. The highest BCUT2D eigenvalue weighted by Gasteiger charge is 2.34. The Balaban J connectivity index is 1.99. The van der Waals surface area contributed by atoms with Crippen LogP contribution in [0.25, 0.3) is 0 Å². The molecule has 22 heavy (non-hydrogen) atoms. The van der Waals surface area contributed by atoms with Crippen LogP contribution in [0.1, 0.15) is 35.5 Å². The quantitative estimate of drug-likeness (QED) is 0.944. The second-order valence-corrected chi connectivity index (χ2v) is 7.75. The van der Waals surface area contributed by atoms with Crippen LogP contribution < -0.4 is 4.72 Å². The number of rotatable bonds is 3. The van der Waals surface area contributed by atoms with E-state index in [-0.39, 0.29) is 12.0 Å². The van der Waals surface area contributed by atoms with E-state index >= 15 is 0 Å². The van der Waals surface area contributed by atoms with Crippen molar-refractivity contribution in [3.63, 3.8) is 0 Å². The third-order valence-corrected chi connectivity index (χ3v) is 6.19. The Bertz CT molecular complexity index is 824. The minimum Gasteiger partial charge on any atom is -0.271 e. The van der Waals surface area contributed by atoms with Crippen LogP contribution in [0.2, 0.25) is 0 Å². The van der Waals surface area contributed by atoms with Crippen molar-refractivity contribution >= 4 is 10.0 Å². The molecule has 0 radical (unpaired) electrons. The summed E-state index contributed by atoms with van der Waals surface area (Å²) in [4.78, 5) is 0.298. The number of fused-ring (bicyclic) bond motifs is 1. The number of nitrogens with one attached hydrogen (secondary N) is 1. The Labute approximate surface area is 131 Å². The van der Waals surface area contributed by atoms with E-state index in [9.17, 15) is 8.42 Å². The molecule has 6 heteroatoms. The monoisotopic (exact) mass is 319 g/mol. The largest absolute Gasteiger partial charge is 0.271 e. The molecule has 0 unspecified atom stereocenters. The van der Waals surface area contributed by atoms with Gasteiger partial charge in [0.15, 0.2) is 0 Å². The summed E-state index contributed by atoms with van der Waals surface area (Å²) in [6.07, 6.45) is 0.897. The molecule has 3 rings (SSSR count). The minimum absolute atomic E-state index is 0.180. The fraction of sp³-hybridized carbons (Fsp3) is 0.438. The Morgan fingerprint density at radius 1 is 1.27 bits per heavy atom. The fourth-order valence-electron chi connectivity index (χ4n) is 3.34. The zero-order valence-electron chi connectivity index (χ0n) is 13.3. The van der Waals surface area contributed by atoms with Gasteiger partial charge in [-0.1, -0.05) is 31.2 Å². The van der Waals surface area contributed by atoms with E-state index in [1.54, 1.807) is 25.6 Å².